The number of aromatic nitrogens is 14. The lowest BCUT2D eigenvalue weighted by molar-refractivity contribution is -0.125. The Balaban J connectivity index is 0.000000319. The third-order valence-electron chi connectivity index (χ3n) is 23.9. The number of aryl methyl sites for hydroxylation is 9. The highest BCUT2D eigenvalue weighted by atomic mass is 16.5. The van der Waals surface area contributed by atoms with Gasteiger partial charge in [-0.1, -0.05) is 0 Å². The summed E-state index contributed by atoms with van der Waals surface area (Å²) in [5, 5.41) is 24.8. The van der Waals surface area contributed by atoms with Crippen LogP contribution in [0.2, 0.25) is 0 Å². The number of hydrogen-bond donors (Lipinski definition) is 8. The van der Waals surface area contributed by atoms with Crippen LogP contribution in [0.3, 0.4) is 0 Å². The minimum absolute atomic E-state index is 0.148. The molecule has 138 heavy (non-hydrogen) atoms. The molecule has 7 aliphatic rings. The monoisotopic (exact) mass is 1930 g/mol. The number of methoxy groups -OCH3 is 2. The smallest absolute Gasteiger partial charge is 0.222 e. The van der Waals surface area contributed by atoms with Gasteiger partial charge in [0.05, 0.1) is 33.4 Å². The van der Waals surface area contributed by atoms with Gasteiger partial charge in [-0.3, -0.25) is 24.4 Å². The van der Waals surface area contributed by atoms with E-state index in [1.165, 1.54) is 130 Å². The number of carbonyl (C=O) groups is 1. The van der Waals surface area contributed by atoms with Gasteiger partial charge in [0.15, 0.2) is 0 Å². The third kappa shape index (κ3) is 54.7. The second-order valence-electron chi connectivity index (χ2n) is 38.0. The van der Waals surface area contributed by atoms with Crippen LogP contribution in [0.4, 0.5) is 40.7 Å². The van der Waals surface area contributed by atoms with Gasteiger partial charge in [-0.15, -0.1) is 0 Å². The van der Waals surface area contributed by atoms with Crippen LogP contribution < -0.4 is 62.1 Å². The zero-order valence-corrected chi connectivity index (χ0v) is 90.5. The summed E-state index contributed by atoms with van der Waals surface area (Å²) in [4.78, 5) is 102. The van der Waals surface area contributed by atoms with Crippen molar-refractivity contribution in [1.29, 1.82) is 0 Å². The second kappa shape index (κ2) is 70.6. The molecule has 778 valence electrons. The van der Waals surface area contributed by atoms with Crippen molar-refractivity contribution in [3.63, 3.8) is 0 Å². The van der Waals surface area contributed by atoms with E-state index in [1.54, 1.807) is 52.9 Å². The molecule has 1 atom stereocenters. The highest BCUT2D eigenvalue weighted by molar-refractivity contribution is 5.78. The van der Waals surface area contributed by atoms with Gasteiger partial charge in [-0.25, -0.2) is 69.8 Å². The maximum atomic E-state index is 11.6. The van der Waals surface area contributed by atoms with Crippen LogP contribution in [-0.2, 0) is 14.3 Å². The molecule has 39 nitrogen and oxygen atoms in total. The summed E-state index contributed by atoms with van der Waals surface area (Å²) in [5.74, 6) is 11.1. The van der Waals surface area contributed by atoms with Crippen molar-refractivity contribution in [2.24, 2.45) is 23.7 Å². The van der Waals surface area contributed by atoms with Crippen LogP contribution >= 0.6 is 0 Å². The van der Waals surface area contributed by atoms with E-state index in [1.807, 2.05) is 179 Å². The Kier molecular flexibility index (Phi) is 62.0. The van der Waals surface area contributed by atoms with Crippen LogP contribution in [0.1, 0.15) is 109 Å². The van der Waals surface area contributed by atoms with Gasteiger partial charge in [0.2, 0.25) is 5.91 Å². The lowest BCUT2D eigenvalue weighted by atomic mass is 9.96. The first-order chi connectivity index (χ1) is 66.0. The summed E-state index contributed by atoms with van der Waals surface area (Å²) < 4.78 is 10.1. The Labute approximate surface area is 831 Å². The van der Waals surface area contributed by atoms with Gasteiger partial charge in [0.1, 0.15) is 84.0 Å². The summed E-state index contributed by atoms with van der Waals surface area (Å²) in [6, 6.07) is 14.4. The number of anilines is 7. The fourth-order valence-electron chi connectivity index (χ4n) is 15.8. The predicted octanol–water partition coefficient (Wildman–Crippen LogP) is 6.83. The zero-order chi connectivity index (χ0) is 102. The van der Waals surface area contributed by atoms with Crippen molar-refractivity contribution in [2.75, 3.05) is 354 Å². The van der Waals surface area contributed by atoms with Crippen molar-refractivity contribution < 1.29 is 14.3 Å². The van der Waals surface area contributed by atoms with Crippen molar-refractivity contribution in [3.8, 4) is 0 Å². The highest BCUT2D eigenvalue weighted by Gasteiger charge is 2.27. The summed E-state index contributed by atoms with van der Waals surface area (Å²) in [7, 11) is 40.4. The summed E-state index contributed by atoms with van der Waals surface area (Å²) in [6.07, 6.45) is 18.8. The van der Waals surface area contributed by atoms with Crippen LogP contribution in [0.5, 0.6) is 0 Å². The van der Waals surface area contributed by atoms with E-state index in [-0.39, 0.29) is 11.8 Å². The van der Waals surface area contributed by atoms with Gasteiger partial charge in [0, 0.05) is 235 Å². The van der Waals surface area contributed by atoms with Crippen LogP contribution in [0.15, 0.2) is 74.1 Å². The molecular weight excluding hydrogens is 1740 g/mol. The lowest BCUT2D eigenvalue weighted by Gasteiger charge is -2.32. The fourth-order valence-corrected chi connectivity index (χ4v) is 15.8. The third-order valence-corrected chi connectivity index (χ3v) is 23.9. The molecule has 8 N–H and O–H groups in total. The molecule has 0 aliphatic carbocycles. The van der Waals surface area contributed by atoms with Gasteiger partial charge in [-0.05, 0) is 283 Å². The molecule has 0 saturated carbocycles. The summed E-state index contributed by atoms with van der Waals surface area (Å²) >= 11 is 0. The first-order valence-corrected chi connectivity index (χ1v) is 49.4. The molecular formula is C99H184N36O3. The SMILES string of the molecule is CN(C)CC1CCN(C)CC1.CNC(=O)C1CCN(c2cc(C)nc(C)n2)CC1.CNC1CCN(c2cc(C)nc(C)n2)C1.CNCN(C)c1cc(C)ncn1.CNCN1CCN(C)CC1.CNCNc1cc(C)ncn1.COCC1CCN(C)CC1.COCN1CCN(C)CC1.Cc1cc(N(C)CN(C)C)ncn1.Cc1cc(NCC2CCN(C)CC2)ncn1.Cc1cc(NCN(C)C)ncn1. The molecule has 1 amide bonds. The maximum Gasteiger partial charge on any atom is 0.222 e. The Morgan fingerprint density at radius 1 is 0.384 bits per heavy atom. The molecule has 1 unspecified atom stereocenters. The molecule has 0 radical (unpaired) electrons. The fraction of sp³-hybridized carbons (Fsp3) is 0.707. The second-order valence-corrected chi connectivity index (χ2v) is 38.0. The average Bonchev–Trinajstić information content (AvgIpc) is 1.80. The number of hydrogen-bond acceptors (Lipinski definition) is 38. The summed E-state index contributed by atoms with van der Waals surface area (Å²) in [6.45, 7) is 46.7. The first-order valence-electron chi connectivity index (χ1n) is 49.4. The van der Waals surface area contributed by atoms with Crippen molar-refractivity contribution in [2.45, 2.75) is 126 Å². The Hall–Kier alpha value is -9.01. The number of piperazine rings is 2. The quantitative estimate of drug-likeness (QED) is 0.0245. The Morgan fingerprint density at radius 2 is 0.804 bits per heavy atom. The number of amides is 1. The van der Waals surface area contributed by atoms with E-state index in [9.17, 15) is 4.79 Å². The number of nitrogens with zero attached hydrogens (tertiary/aromatic N) is 28. The van der Waals surface area contributed by atoms with Gasteiger partial charge in [0.25, 0.3) is 0 Å². The van der Waals surface area contributed by atoms with Crippen LogP contribution in [-0.4, -0.2) is 449 Å². The molecule has 7 aromatic heterocycles. The molecule has 7 saturated heterocycles. The molecule has 39 heteroatoms. The lowest BCUT2D eigenvalue weighted by Crippen LogP contribution is -2.47. The molecule has 7 aromatic rings. The standard InChI is InChI=1S/C13H20N4O.C12H20N4.C11H18N4.C9H16N4.C9H20N2.2C8H14N4.C8H17NO.C7H12N4.C7H17N3.C7H16N2O/c1-9-8-12(16-10(2)15-9)17-6-4-11(5-7-17)13(18)14-3;1-10-7-12(15-9-14-10)13-8-11-3-5-16(2)6-4-11;1-8-6-11(14-9(2)13-8)15-5-4-10(7-15)12-3;1-8-5-9(11-6-10-8)13(4)7-12(2)3;1-10(2)8-9-4-6-11(3)7-5-9;1-7-4-8(10-5-9-7)11-6-12(2)3;1-7-4-8(11-5-10-7)12(3)6-9-2;1-9-5-3-8(4-6-9)7-10-2;1-6-3-7(10-4-8-2)11-5-9-6;1-8-7-10-5-3-9(2)4-6-10;1-8-3-5-9(6-4-8)7-10-2/h8,11H,4-7H2,1-3H3,(H,14,18);7,9,11H,3-6,8H2,1-2H3,(H,13,14,15);6,10,12H,4-5,7H2,1-3H3;5-6H,7H2,1-4H3;9H,4-8H2,1-3H3;4-5H,6H2,1-3H3,(H,9,10,11);4-5,9H,6H2,1-3H3;8H,3-7H2,1-2H3;3,5,8H,4H2,1-2H3,(H,9,10,11);8H,3-7H2,1-2H3;3-7H2,1-2H3. The molecule has 14 heterocycles. The predicted molar refractivity (Wildman–Crippen MR) is 568 cm³/mol. The topological polar surface area (TPSA) is 358 Å². The van der Waals surface area contributed by atoms with Gasteiger partial charge < -0.3 is 101 Å². The first kappa shape index (κ1) is 121. The number of rotatable bonds is 27. The largest absolute Gasteiger partial charge is 0.384 e. The summed E-state index contributed by atoms with van der Waals surface area (Å²) in [5.41, 5.74) is 6.99. The number of likely N-dealkylation sites (tertiary alicyclic amines) is 3. The number of carbonyl (C=O) groups excluding carboxylic acids is 1. The number of ether oxygens (including phenoxy) is 2. The van der Waals surface area contributed by atoms with Crippen molar-refractivity contribution in [3.05, 3.63) is 126 Å². The molecule has 0 spiro atoms. The molecule has 0 bridgehead atoms. The zero-order valence-electron chi connectivity index (χ0n) is 90.5. The van der Waals surface area contributed by atoms with E-state index in [4.69, 9.17) is 9.47 Å². The highest BCUT2D eigenvalue weighted by Crippen LogP contribution is 2.25. The normalized spacial score (nSPS) is 17.1. The average molecular weight is 1930 g/mol. The van der Waals surface area contributed by atoms with E-state index in [2.05, 4.69) is 227 Å². The van der Waals surface area contributed by atoms with Crippen LogP contribution in [0.25, 0.3) is 0 Å². The van der Waals surface area contributed by atoms with E-state index < -0.39 is 0 Å². The van der Waals surface area contributed by atoms with Gasteiger partial charge in [-0.2, -0.15) is 0 Å². The molecule has 0 aromatic carbocycles. The molecule has 7 fully saturated rings. The number of piperidine rings is 4. The Morgan fingerprint density at radius 3 is 1.20 bits per heavy atom. The van der Waals surface area contributed by atoms with E-state index >= 15 is 0 Å². The minimum Gasteiger partial charge on any atom is -0.384 e. The molecule has 7 aliphatic heterocycles. The molecule has 14 rings (SSSR count). The van der Waals surface area contributed by atoms with Crippen LogP contribution in [0, 0.1) is 86.0 Å². The maximum absolute atomic E-state index is 11.6. The van der Waals surface area contributed by atoms with Crippen molar-refractivity contribution in [1.82, 2.24) is 145 Å². The van der Waals surface area contributed by atoms with Crippen molar-refractivity contribution >= 4 is 46.6 Å². The minimum atomic E-state index is 0.148. The Bertz CT molecular complexity index is 4170. The number of likely N-dealkylation sites (N-methyl/N-ethyl adjacent to an activating group) is 3. The number of nitrogens with one attached hydrogen (secondary N) is 8. The van der Waals surface area contributed by atoms with E-state index in [0.717, 1.165) is 215 Å². The van der Waals surface area contributed by atoms with E-state index in [0.29, 0.717) is 6.04 Å². The van der Waals surface area contributed by atoms with Gasteiger partial charge >= 0.3 is 0 Å².